The fourth-order valence-electron chi connectivity index (χ4n) is 1.20. The van der Waals surface area contributed by atoms with Crippen molar-refractivity contribution in [2.45, 2.75) is 18.2 Å². The van der Waals surface area contributed by atoms with Crippen LogP contribution >= 0.6 is 57.7 Å². The van der Waals surface area contributed by atoms with Crippen molar-refractivity contribution in [3.8, 4) is 0 Å². The maximum absolute atomic E-state index is 10.6. The van der Waals surface area contributed by atoms with Gasteiger partial charge in [-0.05, 0) is 57.7 Å². The van der Waals surface area contributed by atoms with E-state index in [2.05, 4.69) is 19.3 Å². The van der Waals surface area contributed by atoms with Crippen molar-refractivity contribution in [1.82, 2.24) is 19.3 Å². The first kappa shape index (κ1) is 16.2. The molecule has 3 aromatic rings. The van der Waals surface area contributed by atoms with Crippen LogP contribution in [0.5, 0.6) is 0 Å². The molecule has 0 saturated carbocycles. The molecule has 0 aromatic carbocycles. The average molecular weight is 406 g/mol. The summed E-state index contributed by atoms with van der Waals surface area (Å²) < 4.78 is 5.65. The number of hydrogen-bond donors (Lipinski definition) is 0. The standard InChI is InChI=1S/C8H2N6O4S5/c15-13(16)3-1-9-6(19-3)21-5-11-8(23-12-5)22-7-10-2-4(20-7)14(17)18/h1-2H. The number of nitro groups is 2. The lowest BCUT2D eigenvalue weighted by molar-refractivity contribution is -0.380. The Kier molecular flexibility index (Phi) is 4.81. The first-order valence-electron chi connectivity index (χ1n) is 5.41. The van der Waals surface area contributed by atoms with E-state index in [-0.39, 0.29) is 10.0 Å². The van der Waals surface area contributed by atoms with Crippen molar-refractivity contribution in [1.29, 1.82) is 0 Å². The van der Waals surface area contributed by atoms with Gasteiger partial charge in [-0.3, -0.25) is 20.2 Å². The Morgan fingerprint density at radius 1 is 0.913 bits per heavy atom. The van der Waals surface area contributed by atoms with Crippen LogP contribution in [0.4, 0.5) is 10.0 Å². The molecule has 0 saturated heterocycles. The Morgan fingerprint density at radius 2 is 1.48 bits per heavy atom. The predicted molar refractivity (Wildman–Crippen MR) is 85.7 cm³/mol. The maximum Gasteiger partial charge on any atom is 0.344 e. The Balaban J connectivity index is 1.67. The molecule has 0 aliphatic carbocycles. The summed E-state index contributed by atoms with van der Waals surface area (Å²) in [6.45, 7) is 0. The number of rotatable bonds is 6. The molecule has 0 bridgehead atoms. The first-order chi connectivity index (χ1) is 11.0. The third kappa shape index (κ3) is 3.99. The lowest BCUT2D eigenvalue weighted by atomic mass is 10.9. The van der Waals surface area contributed by atoms with E-state index in [9.17, 15) is 20.2 Å². The highest BCUT2D eigenvalue weighted by atomic mass is 32.2. The van der Waals surface area contributed by atoms with Gasteiger partial charge in [-0.2, -0.15) is 4.37 Å². The van der Waals surface area contributed by atoms with Gasteiger partial charge >= 0.3 is 10.0 Å². The monoisotopic (exact) mass is 406 g/mol. The van der Waals surface area contributed by atoms with Gasteiger partial charge in [-0.25, -0.2) is 15.0 Å². The summed E-state index contributed by atoms with van der Waals surface area (Å²) in [5.74, 6) is 0. The van der Waals surface area contributed by atoms with Crippen molar-refractivity contribution in [2.24, 2.45) is 0 Å². The highest BCUT2D eigenvalue weighted by Crippen LogP contribution is 2.38. The number of thiazole rings is 2. The summed E-state index contributed by atoms with van der Waals surface area (Å²) in [6, 6.07) is 0. The molecule has 0 radical (unpaired) electrons. The smallest absolute Gasteiger partial charge is 0.257 e. The van der Waals surface area contributed by atoms with Gasteiger partial charge in [0, 0.05) is 0 Å². The second kappa shape index (κ2) is 6.83. The zero-order valence-corrected chi connectivity index (χ0v) is 14.6. The van der Waals surface area contributed by atoms with Crippen LogP contribution in [-0.4, -0.2) is 29.2 Å². The fraction of sp³-hybridized carbons (Fsp3) is 0. The minimum Gasteiger partial charge on any atom is -0.257 e. The van der Waals surface area contributed by atoms with E-state index < -0.39 is 9.85 Å². The molecule has 3 rings (SSSR count). The summed E-state index contributed by atoms with van der Waals surface area (Å²) >= 11 is 5.31. The Hall–Kier alpha value is -1.68. The zero-order valence-electron chi connectivity index (χ0n) is 10.5. The van der Waals surface area contributed by atoms with E-state index >= 15 is 0 Å². The normalized spacial score (nSPS) is 10.8. The van der Waals surface area contributed by atoms with Gasteiger partial charge in [0.15, 0.2) is 13.0 Å². The SMILES string of the molecule is O=[N+]([O-])c1cnc(Sc2nsc(Sc3ncc([N+](=O)[O-])s3)n2)s1. The molecule has 0 amide bonds. The molecular weight excluding hydrogens is 404 g/mol. The molecular formula is C8H2N6O4S5. The van der Waals surface area contributed by atoms with Crippen molar-refractivity contribution in [3.63, 3.8) is 0 Å². The van der Waals surface area contributed by atoms with Gasteiger partial charge in [-0.1, -0.05) is 0 Å². The summed E-state index contributed by atoms with van der Waals surface area (Å²) in [6.07, 6.45) is 2.38. The van der Waals surface area contributed by atoms with E-state index in [4.69, 9.17) is 0 Å². The van der Waals surface area contributed by atoms with Gasteiger partial charge in [0.25, 0.3) is 0 Å². The van der Waals surface area contributed by atoms with Crippen LogP contribution < -0.4 is 0 Å². The summed E-state index contributed by atoms with van der Waals surface area (Å²) in [5, 5.41) is 21.5. The average Bonchev–Trinajstić information content (AvgIpc) is 3.21. The van der Waals surface area contributed by atoms with Crippen molar-refractivity contribution < 1.29 is 9.85 Å². The molecule has 0 spiro atoms. The number of aromatic nitrogens is 4. The maximum atomic E-state index is 10.6. The van der Waals surface area contributed by atoms with Gasteiger partial charge in [0.05, 0.1) is 9.85 Å². The zero-order chi connectivity index (χ0) is 16.4. The third-order valence-electron chi connectivity index (χ3n) is 2.05. The van der Waals surface area contributed by atoms with Crippen molar-refractivity contribution >= 4 is 67.7 Å². The van der Waals surface area contributed by atoms with Crippen molar-refractivity contribution in [3.05, 3.63) is 32.6 Å². The van der Waals surface area contributed by atoms with Crippen LogP contribution in [-0.2, 0) is 0 Å². The molecule has 23 heavy (non-hydrogen) atoms. The summed E-state index contributed by atoms with van der Waals surface area (Å²) in [7, 11) is 0. The second-order valence-electron chi connectivity index (χ2n) is 3.49. The predicted octanol–water partition coefficient (Wildman–Crippen LogP) is 3.57. The minimum atomic E-state index is -0.507. The van der Waals surface area contributed by atoms with Gasteiger partial charge < -0.3 is 0 Å². The third-order valence-corrected chi connectivity index (χ3v) is 6.83. The van der Waals surface area contributed by atoms with Crippen LogP contribution in [0.3, 0.4) is 0 Å². The number of nitrogens with zero attached hydrogens (tertiary/aromatic N) is 6. The fourth-order valence-corrected chi connectivity index (χ4v) is 5.57. The van der Waals surface area contributed by atoms with Gasteiger partial charge in [-0.15, -0.1) is 0 Å². The van der Waals surface area contributed by atoms with Crippen molar-refractivity contribution in [2.75, 3.05) is 0 Å². The Morgan fingerprint density at radius 3 is 2.00 bits per heavy atom. The molecule has 0 aliphatic heterocycles. The Labute approximate surface area is 147 Å². The van der Waals surface area contributed by atoms with E-state index in [1.807, 2.05) is 0 Å². The van der Waals surface area contributed by atoms with Crippen LogP contribution in [0, 0.1) is 20.2 Å². The lowest BCUT2D eigenvalue weighted by Crippen LogP contribution is -1.80. The molecule has 118 valence electrons. The molecule has 15 heteroatoms. The van der Waals surface area contributed by atoms with E-state index in [1.165, 1.54) is 24.2 Å². The largest absolute Gasteiger partial charge is 0.344 e. The van der Waals surface area contributed by atoms with Crippen LogP contribution in [0.1, 0.15) is 0 Å². The molecule has 0 N–H and O–H groups in total. The van der Waals surface area contributed by atoms with E-state index in [1.54, 1.807) is 0 Å². The Bertz CT molecular complexity index is 805. The molecule has 10 nitrogen and oxygen atoms in total. The summed E-state index contributed by atoms with van der Waals surface area (Å²) in [4.78, 5) is 32.3. The van der Waals surface area contributed by atoms with Gasteiger partial charge in [0.2, 0.25) is 5.16 Å². The number of hydrogen-bond acceptors (Lipinski definition) is 13. The molecule has 3 aromatic heterocycles. The van der Waals surface area contributed by atoms with Crippen LogP contribution in [0.15, 0.2) is 30.6 Å². The second-order valence-corrected chi connectivity index (χ2v) is 8.97. The highest BCUT2D eigenvalue weighted by Gasteiger charge is 2.17. The van der Waals surface area contributed by atoms with Crippen LogP contribution in [0.2, 0.25) is 0 Å². The topological polar surface area (TPSA) is 138 Å². The van der Waals surface area contributed by atoms with E-state index in [0.717, 1.165) is 46.0 Å². The molecule has 0 unspecified atom stereocenters. The highest BCUT2D eigenvalue weighted by molar-refractivity contribution is 8.03. The quantitative estimate of drug-likeness (QED) is 0.441. The molecule has 0 aliphatic rings. The minimum absolute atomic E-state index is 0.0401. The van der Waals surface area contributed by atoms with Crippen LogP contribution in [0.25, 0.3) is 0 Å². The molecule has 0 atom stereocenters. The van der Waals surface area contributed by atoms with Gasteiger partial charge in [0.1, 0.15) is 12.4 Å². The molecule has 0 fully saturated rings. The lowest BCUT2D eigenvalue weighted by Gasteiger charge is -1.88. The van der Waals surface area contributed by atoms with E-state index in [0.29, 0.717) is 18.2 Å². The first-order valence-corrected chi connectivity index (χ1v) is 9.45. The molecule has 3 heterocycles. The summed E-state index contributed by atoms with van der Waals surface area (Å²) in [5.41, 5.74) is 0.